The molecule has 4 atom stereocenters. The maximum absolute atomic E-state index is 13.2. The van der Waals surface area contributed by atoms with Gasteiger partial charge in [-0.1, -0.05) is 43.7 Å². The van der Waals surface area contributed by atoms with Gasteiger partial charge in [-0.05, 0) is 13.0 Å². The number of morpholine rings is 1. The molecule has 4 heterocycles. The van der Waals surface area contributed by atoms with Crippen LogP contribution in [-0.2, 0) is 16.0 Å². The van der Waals surface area contributed by atoms with Crippen LogP contribution in [0.4, 0.5) is 0 Å². The van der Waals surface area contributed by atoms with E-state index in [2.05, 4.69) is 11.8 Å². The minimum atomic E-state index is -0.322. The molecule has 0 unspecified atom stereocenters. The number of likely N-dealkylation sites (tertiary alicyclic amines) is 2. The molecule has 3 fully saturated rings. The first-order valence-electron chi connectivity index (χ1n) is 11.4. The van der Waals surface area contributed by atoms with E-state index >= 15 is 0 Å². The highest BCUT2D eigenvalue weighted by Gasteiger charge is 2.62. The highest BCUT2D eigenvalue weighted by molar-refractivity contribution is 7.13. The first kappa shape index (κ1) is 21.1. The molecular weight excluding hydrogens is 410 g/mol. The third-order valence-electron chi connectivity index (χ3n) is 7.16. The molecule has 1 aromatic heterocycles. The highest BCUT2D eigenvalue weighted by atomic mass is 32.1. The quantitative estimate of drug-likeness (QED) is 0.716. The van der Waals surface area contributed by atoms with E-state index in [4.69, 9.17) is 9.72 Å². The predicted molar refractivity (Wildman–Crippen MR) is 121 cm³/mol. The summed E-state index contributed by atoms with van der Waals surface area (Å²) in [5.74, 6) is 0.443. The van der Waals surface area contributed by atoms with Gasteiger partial charge in [-0.2, -0.15) is 0 Å². The lowest BCUT2D eigenvalue weighted by Crippen LogP contribution is -2.54. The van der Waals surface area contributed by atoms with E-state index < -0.39 is 0 Å². The largest absolute Gasteiger partial charge is 0.396 e. The van der Waals surface area contributed by atoms with Crippen molar-refractivity contribution in [2.45, 2.75) is 37.9 Å². The van der Waals surface area contributed by atoms with Gasteiger partial charge in [0.1, 0.15) is 10.6 Å². The van der Waals surface area contributed by atoms with Gasteiger partial charge in [-0.15, -0.1) is 11.3 Å². The predicted octanol–water partition coefficient (Wildman–Crippen LogP) is 2.67. The Kier molecular flexibility index (Phi) is 5.86. The summed E-state index contributed by atoms with van der Waals surface area (Å²) in [5.41, 5.74) is 1.59. The number of fused-ring (bicyclic) bond motifs is 1. The van der Waals surface area contributed by atoms with Crippen LogP contribution in [0.3, 0.4) is 0 Å². The lowest BCUT2D eigenvalue weighted by atomic mass is 9.83. The van der Waals surface area contributed by atoms with Gasteiger partial charge in [0, 0.05) is 49.0 Å². The molecule has 166 valence electrons. The minimum absolute atomic E-state index is 0.0878. The molecule has 1 amide bonds. The zero-order chi connectivity index (χ0) is 21.4. The molecule has 6 nitrogen and oxygen atoms in total. The fourth-order valence-corrected chi connectivity index (χ4v) is 6.46. The molecule has 3 saturated heterocycles. The van der Waals surface area contributed by atoms with Crippen molar-refractivity contribution in [1.29, 1.82) is 0 Å². The molecule has 31 heavy (non-hydrogen) atoms. The van der Waals surface area contributed by atoms with Crippen molar-refractivity contribution < 1.29 is 14.6 Å². The van der Waals surface area contributed by atoms with Crippen LogP contribution in [0.15, 0.2) is 35.7 Å². The Morgan fingerprint density at radius 2 is 2.13 bits per heavy atom. The summed E-state index contributed by atoms with van der Waals surface area (Å²) in [7, 11) is 0. The van der Waals surface area contributed by atoms with Crippen molar-refractivity contribution in [3.8, 4) is 10.6 Å². The van der Waals surface area contributed by atoms with E-state index in [0.29, 0.717) is 19.5 Å². The number of thiazole rings is 1. The average Bonchev–Trinajstić information content (AvgIpc) is 3.43. The monoisotopic (exact) mass is 441 g/mol. The van der Waals surface area contributed by atoms with Gasteiger partial charge in [0.05, 0.1) is 24.8 Å². The molecule has 0 radical (unpaired) electrons. The molecule has 5 rings (SSSR count). The van der Waals surface area contributed by atoms with Crippen LogP contribution in [0.5, 0.6) is 0 Å². The van der Waals surface area contributed by atoms with Crippen molar-refractivity contribution in [1.82, 2.24) is 14.8 Å². The third kappa shape index (κ3) is 3.93. The van der Waals surface area contributed by atoms with E-state index in [1.165, 1.54) is 12.8 Å². The van der Waals surface area contributed by atoms with E-state index in [1.807, 2.05) is 40.6 Å². The van der Waals surface area contributed by atoms with E-state index in [9.17, 15) is 9.90 Å². The van der Waals surface area contributed by atoms with Gasteiger partial charge in [-0.25, -0.2) is 4.98 Å². The minimum Gasteiger partial charge on any atom is -0.396 e. The Labute approximate surface area is 187 Å². The molecule has 0 aliphatic carbocycles. The van der Waals surface area contributed by atoms with Crippen LogP contribution in [0.2, 0.25) is 0 Å². The number of aliphatic hydroxyl groups excluding tert-OH is 1. The normalized spacial score (nSPS) is 30.0. The average molecular weight is 442 g/mol. The number of hydrogen-bond acceptors (Lipinski definition) is 6. The van der Waals surface area contributed by atoms with Crippen LogP contribution in [0.25, 0.3) is 10.6 Å². The second-order valence-corrected chi connectivity index (χ2v) is 10.1. The summed E-state index contributed by atoms with van der Waals surface area (Å²) in [6, 6.07) is 10.1. The number of ether oxygens (including phenoxy) is 1. The van der Waals surface area contributed by atoms with Crippen LogP contribution >= 0.6 is 11.3 Å². The molecule has 1 spiro atoms. The number of nitrogens with zero attached hydrogens (tertiary/aromatic N) is 3. The van der Waals surface area contributed by atoms with Crippen molar-refractivity contribution in [3.63, 3.8) is 0 Å². The number of unbranched alkanes of at least 4 members (excludes halogenated alkanes) is 1. The van der Waals surface area contributed by atoms with Crippen LogP contribution < -0.4 is 0 Å². The first-order chi connectivity index (χ1) is 15.1. The number of carbonyl (C=O) groups excluding carboxylic acids is 1. The Bertz CT molecular complexity index is 920. The SMILES string of the molecule is CCCCN1C[C@H]2O[C@]3(C1)CN(C(=O)Cc1csc(-c4ccccc4)n1)C[C@@H]3[C@@H]2CO. The Balaban J connectivity index is 1.27. The van der Waals surface area contributed by atoms with E-state index in [-0.39, 0.29) is 36.1 Å². The zero-order valence-electron chi connectivity index (χ0n) is 18.1. The number of rotatable bonds is 7. The lowest BCUT2D eigenvalue weighted by Gasteiger charge is -2.40. The number of benzene rings is 1. The topological polar surface area (TPSA) is 65.9 Å². The van der Waals surface area contributed by atoms with Gasteiger partial charge in [0.15, 0.2) is 0 Å². The zero-order valence-corrected chi connectivity index (χ0v) is 18.9. The highest BCUT2D eigenvalue weighted by Crippen LogP contribution is 2.49. The fourth-order valence-electron chi connectivity index (χ4n) is 5.64. The number of aliphatic hydroxyl groups is 1. The molecule has 7 heteroatoms. The van der Waals surface area contributed by atoms with Crippen LogP contribution in [0.1, 0.15) is 25.5 Å². The van der Waals surface area contributed by atoms with Crippen LogP contribution in [-0.4, -0.2) is 76.8 Å². The maximum atomic E-state index is 13.2. The summed E-state index contributed by atoms with van der Waals surface area (Å²) in [5, 5.41) is 13.0. The summed E-state index contributed by atoms with van der Waals surface area (Å²) in [6.45, 7) is 6.48. The van der Waals surface area contributed by atoms with E-state index in [0.717, 1.165) is 35.9 Å². The molecule has 1 N–H and O–H groups in total. The summed E-state index contributed by atoms with van der Waals surface area (Å²) in [6.07, 6.45) is 2.75. The van der Waals surface area contributed by atoms with Crippen LogP contribution in [0, 0.1) is 11.8 Å². The van der Waals surface area contributed by atoms with Gasteiger partial charge < -0.3 is 14.7 Å². The first-order valence-corrected chi connectivity index (χ1v) is 12.3. The molecule has 2 aromatic rings. The molecule has 3 aliphatic heterocycles. The molecule has 2 bridgehead atoms. The van der Waals surface area contributed by atoms with Crippen molar-refractivity contribution in [3.05, 3.63) is 41.4 Å². The summed E-state index contributed by atoms with van der Waals surface area (Å²) in [4.78, 5) is 22.3. The van der Waals surface area contributed by atoms with Gasteiger partial charge in [0.25, 0.3) is 0 Å². The van der Waals surface area contributed by atoms with Crippen molar-refractivity contribution in [2.75, 3.05) is 39.3 Å². The number of carbonyl (C=O) groups is 1. The molecular formula is C24H31N3O3S. The Morgan fingerprint density at radius 1 is 1.29 bits per heavy atom. The van der Waals surface area contributed by atoms with Gasteiger partial charge >= 0.3 is 0 Å². The molecule has 0 saturated carbocycles. The molecule has 1 aromatic carbocycles. The summed E-state index contributed by atoms with van der Waals surface area (Å²) >= 11 is 1.58. The van der Waals surface area contributed by atoms with Crippen molar-refractivity contribution in [2.24, 2.45) is 11.8 Å². The standard InChI is InChI=1S/C24H31N3O3S/c1-2-3-9-26-12-21-19(13-28)20-11-27(16-24(20,15-26)30-21)22(29)10-18-14-31-23(25-18)17-7-5-4-6-8-17/h4-8,14,19-21,28H,2-3,9-13,15-16H2,1H3/t19-,20+,21+,24+/m0/s1. The van der Waals surface area contributed by atoms with E-state index in [1.54, 1.807) is 11.3 Å². The lowest BCUT2D eigenvalue weighted by molar-refractivity contribution is -0.138. The van der Waals surface area contributed by atoms with Gasteiger partial charge in [-0.3, -0.25) is 9.69 Å². The second-order valence-electron chi connectivity index (χ2n) is 9.22. The number of hydrogen-bond donors (Lipinski definition) is 1. The fraction of sp³-hybridized carbons (Fsp3) is 0.583. The maximum Gasteiger partial charge on any atom is 0.228 e. The Hall–Kier alpha value is -1.80. The number of amides is 1. The third-order valence-corrected chi connectivity index (χ3v) is 8.10. The number of aromatic nitrogens is 1. The van der Waals surface area contributed by atoms with Gasteiger partial charge in [0.2, 0.25) is 5.91 Å². The smallest absolute Gasteiger partial charge is 0.228 e. The molecule has 3 aliphatic rings. The van der Waals surface area contributed by atoms with Crippen molar-refractivity contribution >= 4 is 17.2 Å². The Morgan fingerprint density at radius 3 is 2.90 bits per heavy atom. The summed E-state index contributed by atoms with van der Waals surface area (Å²) < 4.78 is 6.51. The second kappa shape index (κ2) is 8.62.